The molecule has 32 heavy (non-hydrogen) atoms. The molecule has 3 rings (SSSR count). The molecule has 0 radical (unpaired) electrons. The monoisotopic (exact) mass is 430 g/mol. The number of carbonyl (C=O) groups excluding carboxylic acids is 2. The van der Waals surface area contributed by atoms with E-state index in [1.807, 2.05) is 67.6 Å². The summed E-state index contributed by atoms with van der Waals surface area (Å²) in [6, 6.07) is 26.5. The van der Waals surface area contributed by atoms with Crippen molar-refractivity contribution in [2.24, 2.45) is 5.10 Å². The average molecular weight is 431 g/mol. The van der Waals surface area contributed by atoms with Gasteiger partial charge in [0.05, 0.1) is 12.2 Å². The van der Waals surface area contributed by atoms with Crippen molar-refractivity contribution in [3.63, 3.8) is 0 Å². The summed E-state index contributed by atoms with van der Waals surface area (Å²) in [6.45, 7) is 3.75. The van der Waals surface area contributed by atoms with Crippen LogP contribution >= 0.6 is 0 Å². The third kappa shape index (κ3) is 6.28. The van der Waals surface area contributed by atoms with Crippen LogP contribution in [0.15, 0.2) is 90.0 Å². The third-order valence-electron chi connectivity index (χ3n) is 4.78. The first-order valence-corrected chi connectivity index (χ1v) is 10.4. The van der Waals surface area contributed by atoms with Crippen molar-refractivity contribution in [1.82, 2.24) is 5.43 Å². The highest BCUT2D eigenvalue weighted by Gasteiger charge is 2.17. The Morgan fingerprint density at radius 3 is 1.97 bits per heavy atom. The van der Waals surface area contributed by atoms with Gasteiger partial charge in [0, 0.05) is 11.6 Å². The molecule has 3 aromatic rings. The highest BCUT2D eigenvalue weighted by molar-refractivity contribution is 5.93. The second kappa shape index (κ2) is 11.5. The Labute approximate surface area is 187 Å². The maximum absolute atomic E-state index is 12.3. The van der Waals surface area contributed by atoms with E-state index in [4.69, 9.17) is 9.47 Å². The molecule has 0 aliphatic rings. The van der Waals surface area contributed by atoms with Crippen molar-refractivity contribution >= 4 is 17.6 Å². The van der Waals surface area contributed by atoms with Crippen LogP contribution in [0, 0.1) is 0 Å². The van der Waals surface area contributed by atoms with Crippen molar-refractivity contribution < 1.29 is 19.1 Å². The number of carbonyl (C=O) groups is 2. The molecule has 0 bridgehead atoms. The van der Waals surface area contributed by atoms with Gasteiger partial charge in [0.1, 0.15) is 5.75 Å². The van der Waals surface area contributed by atoms with Crippen LogP contribution in [0.4, 0.5) is 0 Å². The lowest BCUT2D eigenvalue weighted by Crippen LogP contribution is -2.26. The predicted octanol–water partition coefficient (Wildman–Crippen LogP) is 4.57. The van der Waals surface area contributed by atoms with Gasteiger partial charge in [-0.2, -0.15) is 5.10 Å². The van der Waals surface area contributed by atoms with E-state index in [2.05, 4.69) is 10.5 Å². The number of nitrogens with one attached hydrogen (secondary N) is 1. The van der Waals surface area contributed by atoms with Crippen molar-refractivity contribution in [2.45, 2.75) is 19.8 Å². The first kappa shape index (κ1) is 22.7. The number of nitrogens with zero attached hydrogens (tertiary/aromatic N) is 1. The molecule has 0 aromatic heterocycles. The normalized spacial score (nSPS) is 11.2. The summed E-state index contributed by atoms with van der Waals surface area (Å²) in [6.07, 6.45) is 0. The minimum absolute atomic E-state index is 0.0750. The maximum atomic E-state index is 12.3. The van der Waals surface area contributed by atoms with Crippen molar-refractivity contribution in [1.29, 1.82) is 0 Å². The Kier molecular flexibility index (Phi) is 8.15. The Bertz CT molecular complexity index is 1010. The molecular weight excluding hydrogens is 404 g/mol. The minimum atomic E-state index is -0.395. The number of hydrogen-bond acceptors (Lipinski definition) is 5. The fourth-order valence-corrected chi connectivity index (χ4v) is 3.26. The van der Waals surface area contributed by atoms with Gasteiger partial charge in [-0.3, -0.25) is 4.79 Å². The van der Waals surface area contributed by atoms with Gasteiger partial charge in [-0.1, -0.05) is 60.7 Å². The Morgan fingerprint density at radius 2 is 1.44 bits per heavy atom. The van der Waals surface area contributed by atoms with Gasteiger partial charge in [-0.25, -0.2) is 10.2 Å². The fraction of sp³-hybridized carbons (Fsp3) is 0.192. The number of esters is 1. The molecule has 0 aliphatic carbocycles. The summed E-state index contributed by atoms with van der Waals surface area (Å²) >= 11 is 0. The molecule has 0 atom stereocenters. The largest absolute Gasteiger partial charge is 0.484 e. The molecule has 0 saturated heterocycles. The van der Waals surface area contributed by atoms with Crippen LogP contribution in [0.5, 0.6) is 5.75 Å². The van der Waals surface area contributed by atoms with Gasteiger partial charge >= 0.3 is 5.97 Å². The lowest BCUT2D eigenvalue weighted by molar-refractivity contribution is -0.123. The lowest BCUT2D eigenvalue weighted by Gasteiger charge is -2.18. The molecular formula is C26H26N2O4. The third-order valence-corrected chi connectivity index (χ3v) is 4.78. The quantitative estimate of drug-likeness (QED) is 0.307. The van der Waals surface area contributed by atoms with E-state index in [1.54, 1.807) is 31.2 Å². The SMILES string of the molecule is CCOC(=O)c1ccc(OCC(=O)N/N=C(\C)C(c2ccccc2)c2ccccc2)cc1. The minimum Gasteiger partial charge on any atom is -0.484 e. The molecule has 0 aliphatic heterocycles. The molecule has 164 valence electrons. The van der Waals surface area contributed by atoms with Crippen LogP contribution in [0.2, 0.25) is 0 Å². The number of hydrogen-bond donors (Lipinski definition) is 1. The van der Waals surface area contributed by atoms with Gasteiger partial charge in [0.15, 0.2) is 6.61 Å². The topological polar surface area (TPSA) is 77.0 Å². The fourth-order valence-electron chi connectivity index (χ4n) is 3.26. The van der Waals surface area contributed by atoms with E-state index >= 15 is 0 Å². The summed E-state index contributed by atoms with van der Waals surface area (Å²) in [5, 5.41) is 4.32. The van der Waals surface area contributed by atoms with Crippen LogP contribution in [0.3, 0.4) is 0 Å². The Morgan fingerprint density at radius 1 is 0.875 bits per heavy atom. The molecule has 0 heterocycles. The molecule has 0 saturated carbocycles. The number of hydrazone groups is 1. The number of amides is 1. The van der Waals surface area contributed by atoms with Gasteiger partial charge in [0.2, 0.25) is 0 Å². The summed E-state index contributed by atoms with van der Waals surface area (Å²) < 4.78 is 10.4. The number of rotatable bonds is 9. The first-order chi connectivity index (χ1) is 15.6. The van der Waals surface area contributed by atoms with Crippen molar-refractivity contribution in [3.05, 3.63) is 102 Å². The second-order valence-corrected chi connectivity index (χ2v) is 7.08. The zero-order valence-electron chi connectivity index (χ0n) is 18.2. The van der Waals surface area contributed by atoms with Crippen molar-refractivity contribution in [3.8, 4) is 5.75 Å². The van der Waals surface area contributed by atoms with Crippen LogP contribution in [-0.2, 0) is 9.53 Å². The Hall–Kier alpha value is -3.93. The summed E-state index contributed by atoms with van der Waals surface area (Å²) in [4.78, 5) is 23.9. The van der Waals surface area contributed by atoms with Gasteiger partial charge < -0.3 is 9.47 Å². The Balaban J connectivity index is 1.61. The molecule has 0 unspecified atom stereocenters. The van der Waals surface area contributed by atoms with Gasteiger partial charge in [-0.05, 0) is 49.2 Å². The van der Waals surface area contributed by atoms with E-state index in [1.165, 1.54) is 0 Å². The summed E-state index contributed by atoms with van der Waals surface area (Å²) in [5.74, 6) is -0.374. The van der Waals surface area contributed by atoms with E-state index in [-0.39, 0.29) is 18.4 Å². The molecule has 0 spiro atoms. The zero-order valence-corrected chi connectivity index (χ0v) is 18.2. The summed E-state index contributed by atoms with van der Waals surface area (Å²) in [7, 11) is 0. The zero-order chi connectivity index (χ0) is 22.8. The smallest absolute Gasteiger partial charge is 0.338 e. The van der Waals surface area contributed by atoms with E-state index in [0.29, 0.717) is 17.9 Å². The molecule has 1 amide bonds. The maximum Gasteiger partial charge on any atom is 0.338 e. The molecule has 0 fully saturated rings. The predicted molar refractivity (Wildman–Crippen MR) is 124 cm³/mol. The number of ether oxygens (including phenoxy) is 2. The molecule has 6 nitrogen and oxygen atoms in total. The lowest BCUT2D eigenvalue weighted by atomic mass is 9.88. The molecule has 1 N–H and O–H groups in total. The standard InChI is InChI=1S/C26H26N2O4/c1-3-31-26(30)22-14-16-23(17-15-22)32-18-24(29)28-27-19(2)25(20-10-6-4-7-11-20)21-12-8-5-9-13-21/h4-17,25H,3,18H2,1-2H3,(H,28,29)/b27-19+. The summed E-state index contributed by atoms with van der Waals surface area (Å²) in [5.41, 5.74) is 5.94. The van der Waals surface area contributed by atoms with E-state index in [0.717, 1.165) is 16.8 Å². The van der Waals surface area contributed by atoms with Gasteiger partial charge in [0.25, 0.3) is 5.91 Å². The molecule has 6 heteroatoms. The highest BCUT2D eigenvalue weighted by Crippen LogP contribution is 2.26. The number of benzene rings is 3. The van der Waals surface area contributed by atoms with E-state index in [9.17, 15) is 9.59 Å². The molecule has 3 aromatic carbocycles. The van der Waals surface area contributed by atoms with E-state index < -0.39 is 5.97 Å². The van der Waals surface area contributed by atoms with Crippen molar-refractivity contribution in [2.75, 3.05) is 13.2 Å². The second-order valence-electron chi connectivity index (χ2n) is 7.08. The van der Waals surface area contributed by atoms with Crippen LogP contribution in [0.25, 0.3) is 0 Å². The first-order valence-electron chi connectivity index (χ1n) is 10.4. The highest BCUT2D eigenvalue weighted by atomic mass is 16.5. The van der Waals surface area contributed by atoms with Crippen LogP contribution < -0.4 is 10.2 Å². The average Bonchev–Trinajstić information content (AvgIpc) is 2.83. The van der Waals surface area contributed by atoms with Gasteiger partial charge in [-0.15, -0.1) is 0 Å². The van der Waals surface area contributed by atoms with Crippen LogP contribution in [-0.4, -0.2) is 30.8 Å². The van der Waals surface area contributed by atoms with Crippen LogP contribution in [0.1, 0.15) is 41.3 Å².